The molecular formula is C16H24O2. The smallest absolute Gasteiger partial charge is 0.309 e. The zero-order valence-corrected chi connectivity index (χ0v) is 11.8. The number of carbonyl (C=O) groups excluding carboxylic acids is 1. The van der Waals surface area contributed by atoms with Gasteiger partial charge in [-0.2, -0.15) is 0 Å². The number of hydrogen-bond acceptors (Lipinski definition) is 2. The van der Waals surface area contributed by atoms with Gasteiger partial charge in [0.05, 0.1) is 5.92 Å². The number of rotatable bonds is 6. The highest BCUT2D eigenvalue weighted by Crippen LogP contribution is 2.39. The van der Waals surface area contributed by atoms with Crippen LogP contribution in [0.1, 0.15) is 40.0 Å². The Labute approximate surface area is 110 Å². The van der Waals surface area contributed by atoms with E-state index in [1.165, 1.54) is 16.7 Å². The topological polar surface area (TPSA) is 26.3 Å². The van der Waals surface area contributed by atoms with Crippen molar-refractivity contribution in [2.75, 3.05) is 6.61 Å². The third-order valence-corrected chi connectivity index (χ3v) is 3.64. The molecule has 0 N–H and O–H groups in total. The van der Waals surface area contributed by atoms with Gasteiger partial charge in [0.15, 0.2) is 0 Å². The van der Waals surface area contributed by atoms with Crippen LogP contribution in [0, 0.1) is 11.8 Å². The van der Waals surface area contributed by atoms with Crippen LogP contribution < -0.4 is 0 Å². The maximum Gasteiger partial charge on any atom is 0.309 e. The summed E-state index contributed by atoms with van der Waals surface area (Å²) in [6.45, 7) is 14.1. The quantitative estimate of drug-likeness (QED) is 0.523. The normalized spacial score (nSPS) is 20.7. The van der Waals surface area contributed by atoms with Crippen LogP contribution in [0.15, 0.2) is 36.0 Å². The second kappa shape index (κ2) is 6.58. The Morgan fingerprint density at radius 3 is 2.83 bits per heavy atom. The number of allylic oxidation sites excluding steroid dienone is 3. The van der Waals surface area contributed by atoms with Gasteiger partial charge in [0.1, 0.15) is 6.61 Å². The van der Waals surface area contributed by atoms with E-state index in [4.69, 9.17) is 4.74 Å². The first kappa shape index (κ1) is 14.7. The molecule has 0 amide bonds. The molecule has 0 aliphatic heterocycles. The summed E-state index contributed by atoms with van der Waals surface area (Å²) in [7, 11) is 0. The molecule has 1 aliphatic rings. The van der Waals surface area contributed by atoms with Crippen molar-refractivity contribution in [3.8, 4) is 0 Å². The van der Waals surface area contributed by atoms with Gasteiger partial charge in [0.25, 0.3) is 0 Å². The van der Waals surface area contributed by atoms with E-state index in [1.54, 1.807) is 6.08 Å². The molecule has 0 fully saturated rings. The van der Waals surface area contributed by atoms with Crippen molar-refractivity contribution >= 4 is 5.97 Å². The summed E-state index contributed by atoms with van der Waals surface area (Å²) in [5.41, 5.74) is 4.02. The highest BCUT2D eigenvalue weighted by atomic mass is 16.5. The molecule has 0 bridgehead atoms. The first-order valence-corrected chi connectivity index (χ1v) is 6.58. The van der Waals surface area contributed by atoms with Gasteiger partial charge in [-0.1, -0.05) is 42.9 Å². The largest absolute Gasteiger partial charge is 0.461 e. The predicted octanol–water partition coefficient (Wildman–Crippen LogP) is 4.04. The zero-order chi connectivity index (χ0) is 13.7. The Kier molecular flexibility index (Phi) is 5.39. The lowest BCUT2D eigenvalue weighted by molar-refractivity contribution is -0.146. The van der Waals surface area contributed by atoms with Crippen LogP contribution in [0.25, 0.3) is 0 Å². The van der Waals surface area contributed by atoms with E-state index in [0.29, 0.717) is 12.5 Å². The molecule has 2 heteroatoms. The third-order valence-electron chi connectivity index (χ3n) is 3.64. The highest BCUT2D eigenvalue weighted by Gasteiger charge is 2.27. The standard InChI is InChI=1S/C16H24O2/c1-6-9-18-16(17)13(5)10-15-12(4)7-8-14(15)11(2)3/h6,13-14H,1-2,7-10H2,3-5H3. The molecule has 1 rings (SSSR count). The predicted molar refractivity (Wildman–Crippen MR) is 75.2 cm³/mol. The summed E-state index contributed by atoms with van der Waals surface area (Å²) in [6, 6.07) is 0. The number of esters is 1. The first-order chi connectivity index (χ1) is 8.47. The number of carbonyl (C=O) groups is 1. The van der Waals surface area contributed by atoms with Gasteiger partial charge in [-0.15, -0.1) is 0 Å². The highest BCUT2D eigenvalue weighted by molar-refractivity contribution is 5.72. The fourth-order valence-electron chi connectivity index (χ4n) is 2.55. The maximum absolute atomic E-state index is 11.8. The van der Waals surface area contributed by atoms with Crippen LogP contribution in [0.5, 0.6) is 0 Å². The molecule has 0 spiro atoms. The molecule has 0 heterocycles. The van der Waals surface area contributed by atoms with Gasteiger partial charge in [-0.25, -0.2) is 0 Å². The third kappa shape index (κ3) is 3.59. The average Bonchev–Trinajstić information content (AvgIpc) is 2.68. The molecule has 0 aromatic heterocycles. The molecule has 0 saturated carbocycles. The van der Waals surface area contributed by atoms with Gasteiger partial charge in [-0.3, -0.25) is 4.79 Å². The van der Waals surface area contributed by atoms with E-state index >= 15 is 0 Å². The van der Waals surface area contributed by atoms with Crippen molar-refractivity contribution in [1.29, 1.82) is 0 Å². The molecular weight excluding hydrogens is 224 g/mol. The van der Waals surface area contributed by atoms with Crippen molar-refractivity contribution in [2.45, 2.75) is 40.0 Å². The number of hydrogen-bond donors (Lipinski definition) is 0. The Bertz CT molecular complexity index is 377. The van der Waals surface area contributed by atoms with Crippen LogP contribution in [-0.4, -0.2) is 12.6 Å². The van der Waals surface area contributed by atoms with Crippen molar-refractivity contribution < 1.29 is 9.53 Å². The molecule has 100 valence electrons. The van der Waals surface area contributed by atoms with Crippen molar-refractivity contribution in [1.82, 2.24) is 0 Å². The molecule has 0 aromatic carbocycles. The fourth-order valence-corrected chi connectivity index (χ4v) is 2.55. The molecule has 0 radical (unpaired) electrons. The Morgan fingerprint density at radius 1 is 1.61 bits per heavy atom. The monoisotopic (exact) mass is 248 g/mol. The van der Waals surface area contributed by atoms with Gasteiger partial charge >= 0.3 is 5.97 Å². The Morgan fingerprint density at radius 2 is 2.28 bits per heavy atom. The van der Waals surface area contributed by atoms with E-state index in [1.807, 2.05) is 6.92 Å². The van der Waals surface area contributed by atoms with Gasteiger partial charge in [0.2, 0.25) is 0 Å². The summed E-state index contributed by atoms with van der Waals surface area (Å²) < 4.78 is 5.09. The molecule has 0 saturated heterocycles. The van der Waals surface area contributed by atoms with Gasteiger partial charge < -0.3 is 4.74 Å². The molecule has 2 unspecified atom stereocenters. The lowest BCUT2D eigenvalue weighted by Gasteiger charge is -2.18. The minimum absolute atomic E-state index is 0.0881. The number of ether oxygens (including phenoxy) is 1. The fraction of sp³-hybridized carbons (Fsp3) is 0.562. The summed E-state index contributed by atoms with van der Waals surface area (Å²) >= 11 is 0. The second-order valence-corrected chi connectivity index (χ2v) is 5.27. The Hall–Kier alpha value is -1.31. The summed E-state index contributed by atoms with van der Waals surface area (Å²) in [6.07, 6.45) is 4.66. The molecule has 0 aromatic rings. The summed E-state index contributed by atoms with van der Waals surface area (Å²) in [5, 5.41) is 0. The van der Waals surface area contributed by atoms with Crippen LogP contribution in [0.3, 0.4) is 0 Å². The summed E-state index contributed by atoms with van der Waals surface area (Å²) in [4.78, 5) is 11.8. The van der Waals surface area contributed by atoms with E-state index < -0.39 is 0 Å². The molecule has 2 atom stereocenters. The van der Waals surface area contributed by atoms with Crippen molar-refractivity contribution in [2.24, 2.45) is 11.8 Å². The average molecular weight is 248 g/mol. The first-order valence-electron chi connectivity index (χ1n) is 6.58. The van der Waals surface area contributed by atoms with Crippen LogP contribution >= 0.6 is 0 Å². The van der Waals surface area contributed by atoms with E-state index in [0.717, 1.165) is 19.3 Å². The minimum atomic E-state index is -0.137. The minimum Gasteiger partial charge on any atom is -0.461 e. The maximum atomic E-state index is 11.8. The van der Waals surface area contributed by atoms with Crippen molar-refractivity contribution in [3.63, 3.8) is 0 Å². The second-order valence-electron chi connectivity index (χ2n) is 5.27. The van der Waals surface area contributed by atoms with Gasteiger partial charge in [0, 0.05) is 5.92 Å². The lowest BCUT2D eigenvalue weighted by atomic mass is 9.88. The zero-order valence-electron chi connectivity index (χ0n) is 11.8. The van der Waals surface area contributed by atoms with Crippen LogP contribution in [-0.2, 0) is 9.53 Å². The van der Waals surface area contributed by atoms with E-state index in [9.17, 15) is 4.79 Å². The van der Waals surface area contributed by atoms with Crippen LogP contribution in [0.4, 0.5) is 0 Å². The van der Waals surface area contributed by atoms with Gasteiger partial charge in [-0.05, 0) is 33.1 Å². The lowest BCUT2D eigenvalue weighted by Crippen LogP contribution is -2.17. The van der Waals surface area contributed by atoms with Crippen LogP contribution in [0.2, 0.25) is 0 Å². The summed E-state index contributed by atoms with van der Waals surface area (Å²) in [5.74, 6) is 0.233. The molecule has 18 heavy (non-hydrogen) atoms. The molecule has 2 nitrogen and oxygen atoms in total. The van der Waals surface area contributed by atoms with Crippen molar-refractivity contribution in [3.05, 3.63) is 36.0 Å². The van der Waals surface area contributed by atoms with E-state index in [-0.39, 0.29) is 11.9 Å². The molecule has 1 aliphatic carbocycles. The SMILES string of the molecule is C=CCOC(=O)C(C)CC1=C(C)CCC1C(=C)C. The Balaban J connectivity index is 2.65. The van der Waals surface area contributed by atoms with E-state index in [2.05, 4.69) is 27.0 Å².